The summed E-state index contributed by atoms with van der Waals surface area (Å²) in [4.78, 5) is 36.2. The van der Waals surface area contributed by atoms with E-state index in [9.17, 15) is 9.59 Å². The SMILES string of the molecule is CN1CCC(C(=O)Cc2cncc(Br)c2)CC1.CN1CCN(C(=O)O)CC1.Nc1cncc(Br)c1. The summed E-state index contributed by atoms with van der Waals surface area (Å²) in [7, 11) is 4.11. The first kappa shape index (κ1) is 29.2. The number of Topliss-reactive ketones (excluding diaryl/α,β-unsaturated/α-hetero) is 1. The molecule has 0 aliphatic carbocycles. The van der Waals surface area contributed by atoms with Gasteiger partial charge in [0.25, 0.3) is 0 Å². The molecule has 1 amide bonds. The monoisotopic (exact) mass is 612 g/mol. The van der Waals surface area contributed by atoms with Gasteiger partial charge in [-0.15, -0.1) is 0 Å². The first-order valence-corrected chi connectivity index (χ1v) is 13.1. The molecule has 2 aliphatic heterocycles. The molecule has 9 nitrogen and oxygen atoms in total. The Labute approximate surface area is 224 Å². The molecule has 2 aliphatic rings. The maximum absolute atomic E-state index is 12.1. The molecule has 0 atom stereocenters. The summed E-state index contributed by atoms with van der Waals surface area (Å²) in [5, 5.41) is 8.53. The topological polar surface area (TPSA) is 116 Å². The first-order valence-electron chi connectivity index (χ1n) is 11.5. The van der Waals surface area contributed by atoms with E-state index in [4.69, 9.17) is 10.8 Å². The van der Waals surface area contributed by atoms with E-state index in [1.165, 1.54) is 4.90 Å². The predicted octanol–water partition coefficient (Wildman–Crippen LogP) is 3.64. The van der Waals surface area contributed by atoms with Crippen molar-refractivity contribution in [3.8, 4) is 0 Å². The largest absolute Gasteiger partial charge is 0.465 e. The van der Waals surface area contributed by atoms with Crippen LogP contribution in [0.3, 0.4) is 0 Å². The van der Waals surface area contributed by atoms with Gasteiger partial charge in [0, 0.05) is 72.3 Å². The summed E-state index contributed by atoms with van der Waals surface area (Å²) in [6, 6.07) is 3.77. The number of likely N-dealkylation sites (N-methyl/N-ethyl adjacent to an activating group) is 1. The fourth-order valence-corrected chi connectivity index (χ4v) is 4.45. The lowest BCUT2D eigenvalue weighted by atomic mass is 9.90. The van der Waals surface area contributed by atoms with E-state index in [0.29, 0.717) is 31.0 Å². The number of nitrogens with two attached hydrogens (primary N) is 1. The number of piperazine rings is 1. The van der Waals surface area contributed by atoms with E-state index in [2.05, 4.69) is 58.7 Å². The molecule has 0 spiro atoms. The molecule has 2 aromatic rings. The third-order valence-electron chi connectivity index (χ3n) is 5.81. The molecule has 11 heteroatoms. The zero-order chi connectivity index (χ0) is 25.8. The molecule has 0 radical (unpaired) electrons. The molecule has 3 N–H and O–H groups in total. The van der Waals surface area contributed by atoms with Gasteiger partial charge in [-0.3, -0.25) is 14.8 Å². The molecule has 0 unspecified atom stereocenters. The van der Waals surface area contributed by atoms with Crippen molar-refractivity contribution >= 4 is 49.4 Å². The van der Waals surface area contributed by atoms with Crippen molar-refractivity contribution in [2.45, 2.75) is 19.3 Å². The van der Waals surface area contributed by atoms with E-state index in [1.54, 1.807) is 30.9 Å². The normalized spacial score (nSPS) is 17.0. The van der Waals surface area contributed by atoms with Crippen LogP contribution in [0.1, 0.15) is 18.4 Å². The summed E-state index contributed by atoms with van der Waals surface area (Å²) >= 11 is 6.60. The number of likely N-dealkylation sites (tertiary alicyclic amines) is 1. The van der Waals surface area contributed by atoms with Gasteiger partial charge in [0.05, 0.1) is 5.69 Å². The van der Waals surface area contributed by atoms with Crippen LogP contribution >= 0.6 is 31.9 Å². The van der Waals surface area contributed by atoms with Crippen molar-refractivity contribution in [1.82, 2.24) is 24.7 Å². The van der Waals surface area contributed by atoms with Crippen LogP contribution in [0.4, 0.5) is 10.5 Å². The summed E-state index contributed by atoms with van der Waals surface area (Å²) < 4.78 is 1.85. The van der Waals surface area contributed by atoms with Crippen LogP contribution in [0.2, 0.25) is 0 Å². The molecular formula is C24H34Br2N6O3. The van der Waals surface area contributed by atoms with E-state index in [0.717, 1.165) is 53.5 Å². The number of piperidine rings is 1. The van der Waals surface area contributed by atoms with Crippen LogP contribution in [0.25, 0.3) is 0 Å². The number of pyridine rings is 2. The summed E-state index contributed by atoms with van der Waals surface area (Å²) in [6.45, 7) is 5.07. The van der Waals surface area contributed by atoms with E-state index >= 15 is 0 Å². The molecule has 0 saturated carbocycles. The van der Waals surface area contributed by atoms with Gasteiger partial charge in [-0.25, -0.2) is 4.79 Å². The van der Waals surface area contributed by atoms with Crippen LogP contribution in [0.5, 0.6) is 0 Å². The van der Waals surface area contributed by atoms with E-state index in [-0.39, 0.29) is 5.92 Å². The van der Waals surface area contributed by atoms with Crippen LogP contribution in [0, 0.1) is 5.92 Å². The maximum atomic E-state index is 12.1. The Morgan fingerprint density at radius 3 is 1.94 bits per heavy atom. The average molecular weight is 614 g/mol. The van der Waals surface area contributed by atoms with Crippen molar-refractivity contribution in [2.24, 2.45) is 5.92 Å². The molecule has 192 valence electrons. The summed E-state index contributed by atoms with van der Waals surface area (Å²) in [6.07, 6.45) is 8.52. The van der Waals surface area contributed by atoms with Gasteiger partial charge < -0.3 is 25.5 Å². The molecule has 2 saturated heterocycles. The number of aromatic nitrogens is 2. The van der Waals surface area contributed by atoms with E-state index < -0.39 is 6.09 Å². The van der Waals surface area contributed by atoms with Crippen molar-refractivity contribution in [1.29, 1.82) is 0 Å². The number of carbonyl (C=O) groups excluding carboxylic acids is 1. The van der Waals surface area contributed by atoms with Gasteiger partial charge >= 0.3 is 6.09 Å². The lowest BCUT2D eigenvalue weighted by Crippen LogP contribution is -2.46. The zero-order valence-corrected chi connectivity index (χ0v) is 23.4. The van der Waals surface area contributed by atoms with Crippen molar-refractivity contribution in [3.05, 3.63) is 51.4 Å². The first-order chi connectivity index (χ1) is 16.6. The average Bonchev–Trinajstić information content (AvgIpc) is 2.80. The highest BCUT2D eigenvalue weighted by molar-refractivity contribution is 9.10. The quantitative estimate of drug-likeness (QED) is 0.539. The summed E-state index contributed by atoms with van der Waals surface area (Å²) in [5.74, 6) is 0.600. The standard InChI is InChI=1S/C13H17BrN2O.C6H12N2O2.C5H5BrN2/c1-16-4-2-11(3-5-16)13(17)7-10-6-12(14)9-15-8-10;1-7-2-4-8(5-3-7)6(9)10;6-4-1-5(7)3-8-2-4/h6,8-9,11H,2-5,7H2,1H3;2-5H2,1H3,(H,9,10);1-3H,7H2. The lowest BCUT2D eigenvalue weighted by Gasteiger charge is -2.30. The Balaban J connectivity index is 0.000000204. The fourth-order valence-electron chi connectivity index (χ4n) is 3.65. The zero-order valence-electron chi connectivity index (χ0n) is 20.2. The van der Waals surface area contributed by atoms with Crippen molar-refractivity contribution in [3.63, 3.8) is 0 Å². The van der Waals surface area contributed by atoms with Gasteiger partial charge in [-0.05, 0) is 89.6 Å². The van der Waals surface area contributed by atoms with Crippen LogP contribution in [0.15, 0.2) is 45.9 Å². The van der Waals surface area contributed by atoms with Gasteiger partial charge in [-0.1, -0.05) is 0 Å². The molecule has 2 fully saturated rings. The fraction of sp³-hybridized carbons (Fsp3) is 0.500. The molecule has 4 rings (SSSR count). The number of nitrogens with zero attached hydrogens (tertiary/aromatic N) is 5. The Morgan fingerprint density at radius 1 is 0.914 bits per heavy atom. The molecule has 0 aromatic carbocycles. The highest BCUT2D eigenvalue weighted by Crippen LogP contribution is 2.19. The number of rotatable bonds is 3. The van der Waals surface area contributed by atoms with Crippen LogP contribution < -0.4 is 5.73 Å². The predicted molar refractivity (Wildman–Crippen MR) is 144 cm³/mol. The minimum Gasteiger partial charge on any atom is -0.465 e. The number of hydrogen-bond acceptors (Lipinski definition) is 7. The number of nitrogen functional groups attached to an aromatic ring is 1. The molecular weight excluding hydrogens is 580 g/mol. The molecule has 4 heterocycles. The van der Waals surface area contributed by atoms with E-state index in [1.807, 2.05) is 13.1 Å². The van der Waals surface area contributed by atoms with Gasteiger partial charge in [0.15, 0.2) is 0 Å². The number of hydrogen-bond donors (Lipinski definition) is 2. The number of amides is 1. The Kier molecular flexibility index (Phi) is 12.6. The molecule has 0 bridgehead atoms. The van der Waals surface area contributed by atoms with Crippen molar-refractivity contribution < 1.29 is 14.7 Å². The number of anilines is 1. The van der Waals surface area contributed by atoms with Crippen molar-refractivity contribution in [2.75, 3.05) is 59.1 Å². The molecule has 2 aromatic heterocycles. The van der Waals surface area contributed by atoms with Gasteiger partial charge in [0.1, 0.15) is 5.78 Å². The minimum absolute atomic E-state index is 0.241. The third kappa shape index (κ3) is 11.5. The smallest absolute Gasteiger partial charge is 0.407 e. The highest BCUT2D eigenvalue weighted by atomic mass is 79.9. The summed E-state index contributed by atoms with van der Waals surface area (Å²) in [5.41, 5.74) is 7.05. The van der Waals surface area contributed by atoms with Crippen LogP contribution in [-0.4, -0.2) is 95.0 Å². The lowest BCUT2D eigenvalue weighted by molar-refractivity contribution is -0.123. The maximum Gasteiger partial charge on any atom is 0.407 e. The second-order valence-electron chi connectivity index (χ2n) is 8.74. The Hall–Kier alpha value is -2.08. The number of carboxylic acid groups (broad SMARTS) is 1. The third-order valence-corrected chi connectivity index (χ3v) is 6.68. The van der Waals surface area contributed by atoms with Crippen LogP contribution in [-0.2, 0) is 11.2 Å². The minimum atomic E-state index is -0.798. The van der Waals surface area contributed by atoms with Gasteiger partial charge in [0.2, 0.25) is 0 Å². The highest BCUT2D eigenvalue weighted by Gasteiger charge is 2.23. The Bertz CT molecular complexity index is 931. The molecule has 35 heavy (non-hydrogen) atoms. The number of ketones is 1. The second kappa shape index (κ2) is 15.1. The Morgan fingerprint density at radius 2 is 1.46 bits per heavy atom. The van der Waals surface area contributed by atoms with Gasteiger partial charge in [-0.2, -0.15) is 0 Å². The second-order valence-corrected chi connectivity index (χ2v) is 10.6. The number of halogens is 2. The number of carbonyl (C=O) groups is 2.